The fourth-order valence-electron chi connectivity index (χ4n) is 0.950. The van der Waals surface area contributed by atoms with Crippen LogP contribution in [0.2, 0.25) is 0 Å². The summed E-state index contributed by atoms with van der Waals surface area (Å²) < 4.78 is 9.53. The van der Waals surface area contributed by atoms with Crippen LogP contribution in [0.5, 0.6) is 5.88 Å². The van der Waals surface area contributed by atoms with Crippen LogP contribution in [-0.4, -0.2) is 15.9 Å². The second-order valence-electron chi connectivity index (χ2n) is 2.99. The lowest BCUT2D eigenvalue weighted by Gasteiger charge is -2.05. The highest BCUT2D eigenvalue weighted by Crippen LogP contribution is 2.25. The third-order valence-electron chi connectivity index (χ3n) is 1.55. The molecule has 0 aromatic carbocycles. The van der Waals surface area contributed by atoms with Crippen molar-refractivity contribution in [3.8, 4) is 5.88 Å². The van der Waals surface area contributed by atoms with E-state index in [1.165, 1.54) is 5.69 Å². The molecule has 13 heavy (non-hydrogen) atoms. The molecule has 0 saturated heterocycles. The molecule has 74 valence electrons. The average molecular weight is 406 g/mol. The third-order valence-corrected chi connectivity index (χ3v) is 3.35. The van der Waals surface area contributed by atoms with Gasteiger partial charge in [-0.15, -0.1) is 5.10 Å². The quantitative estimate of drug-likeness (QED) is 0.571. The second-order valence-corrected chi connectivity index (χ2v) is 4.83. The molecule has 0 fully saturated rings. The van der Waals surface area contributed by atoms with Crippen molar-refractivity contribution in [2.45, 2.75) is 24.4 Å². The van der Waals surface area contributed by atoms with Crippen molar-refractivity contribution >= 4 is 45.2 Å². The van der Waals surface area contributed by atoms with Gasteiger partial charge in [0.25, 0.3) is 0 Å². The molecule has 1 aromatic rings. The van der Waals surface area contributed by atoms with Gasteiger partial charge in [-0.2, -0.15) is 0 Å². The van der Waals surface area contributed by atoms with E-state index in [0.29, 0.717) is 0 Å². The van der Waals surface area contributed by atoms with E-state index in [2.05, 4.69) is 50.3 Å². The van der Waals surface area contributed by atoms with Gasteiger partial charge in [0, 0.05) is 11.5 Å². The highest BCUT2D eigenvalue weighted by atomic mass is 127. The van der Waals surface area contributed by atoms with E-state index in [1.807, 2.05) is 25.6 Å². The average Bonchev–Trinajstić information content (AvgIpc) is 2.26. The molecular formula is C8H12I2N2O. The third kappa shape index (κ3) is 2.71. The maximum Gasteiger partial charge on any atom is 0.246 e. The van der Waals surface area contributed by atoms with E-state index in [1.54, 1.807) is 0 Å². The number of halogens is 2. The summed E-state index contributed by atoms with van der Waals surface area (Å²) in [5, 5.41) is 4.30. The summed E-state index contributed by atoms with van der Waals surface area (Å²) in [5.41, 5.74) is 1.22. The number of hydrogen-bond acceptors (Lipinski definition) is 2. The predicted molar refractivity (Wildman–Crippen MR) is 69.4 cm³/mol. The number of rotatable bonds is 3. The van der Waals surface area contributed by atoms with Gasteiger partial charge in [0.1, 0.15) is 0 Å². The molecule has 0 spiro atoms. The number of aromatic nitrogens is 2. The largest absolute Gasteiger partial charge is 0.473 e. The summed E-state index contributed by atoms with van der Waals surface area (Å²) in [6, 6.07) is 0. The Morgan fingerprint density at radius 1 is 1.54 bits per heavy atom. The molecule has 0 unspecified atom stereocenters. The Labute approximate surface area is 106 Å². The molecule has 1 aromatic heterocycles. The molecule has 0 aliphatic rings. The Kier molecular flexibility index (Phi) is 4.27. The monoisotopic (exact) mass is 406 g/mol. The SMILES string of the molecule is CC(C)Oc1nn(C)c(CI)c1I. The molecule has 1 rings (SSSR count). The van der Waals surface area contributed by atoms with Gasteiger partial charge in [0.2, 0.25) is 5.88 Å². The van der Waals surface area contributed by atoms with Crippen molar-refractivity contribution in [3.05, 3.63) is 9.26 Å². The van der Waals surface area contributed by atoms with Crippen LogP contribution >= 0.6 is 45.2 Å². The smallest absolute Gasteiger partial charge is 0.246 e. The van der Waals surface area contributed by atoms with Crippen molar-refractivity contribution in [1.82, 2.24) is 9.78 Å². The van der Waals surface area contributed by atoms with E-state index < -0.39 is 0 Å². The van der Waals surface area contributed by atoms with Crippen LogP contribution < -0.4 is 4.74 Å². The van der Waals surface area contributed by atoms with Crippen LogP contribution in [0, 0.1) is 3.57 Å². The molecular weight excluding hydrogens is 394 g/mol. The molecule has 0 radical (unpaired) electrons. The minimum Gasteiger partial charge on any atom is -0.473 e. The summed E-state index contributed by atoms with van der Waals surface area (Å²) in [5.74, 6) is 0.754. The molecule has 0 bridgehead atoms. The lowest BCUT2D eigenvalue weighted by Crippen LogP contribution is -2.06. The van der Waals surface area contributed by atoms with Crippen molar-refractivity contribution < 1.29 is 4.74 Å². The zero-order valence-corrected chi connectivity index (χ0v) is 12.2. The fourth-order valence-corrected chi connectivity index (χ4v) is 3.33. The normalized spacial score (nSPS) is 10.9. The van der Waals surface area contributed by atoms with Gasteiger partial charge in [-0.3, -0.25) is 4.68 Å². The van der Waals surface area contributed by atoms with Crippen LogP contribution in [-0.2, 0) is 11.5 Å². The van der Waals surface area contributed by atoms with E-state index in [0.717, 1.165) is 13.9 Å². The van der Waals surface area contributed by atoms with Gasteiger partial charge in [-0.05, 0) is 36.4 Å². The molecule has 5 heteroatoms. The van der Waals surface area contributed by atoms with Crippen LogP contribution in [0.1, 0.15) is 19.5 Å². The van der Waals surface area contributed by atoms with Gasteiger partial charge in [-0.1, -0.05) is 22.6 Å². The number of ether oxygens (including phenoxy) is 1. The summed E-state index contributed by atoms with van der Waals surface area (Å²) in [6.07, 6.45) is 0.186. The van der Waals surface area contributed by atoms with Crippen molar-refractivity contribution in [1.29, 1.82) is 0 Å². The molecule has 0 atom stereocenters. The first kappa shape index (κ1) is 11.5. The van der Waals surface area contributed by atoms with Gasteiger partial charge in [0.15, 0.2) is 0 Å². The highest BCUT2D eigenvalue weighted by molar-refractivity contribution is 14.1. The van der Waals surface area contributed by atoms with Crippen LogP contribution in [0.15, 0.2) is 0 Å². The number of nitrogens with zero attached hydrogens (tertiary/aromatic N) is 2. The lowest BCUT2D eigenvalue weighted by atomic mass is 10.4. The van der Waals surface area contributed by atoms with Gasteiger partial charge in [-0.25, -0.2) is 0 Å². The van der Waals surface area contributed by atoms with Gasteiger partial charge >= 0.3 is 0 Å². The zero-order valence-electron chi connectivity index (χ0n) is 7.84. The number of alkyl halides is 1. The molecule has 0 N–H and O–H groups in total. The first-order valence-corrected chi connectivity index (χ1v) is 6.60. The second kappa shape index (κ2) is 4.81. The van der Waals surface area contributed by atoms with Gasteiger partial charge in [0.05, 0.1) is 15.4 Å². The summed E-state index contributed by atoms with van der Waals surface area (Å²) in [7, 11) is 1.95. The van der Waals surface area contributed by atoms with Crippen LogP contribution in [0.25, 0.3) is 0 Å². The number of aryl methyl sites for hydroxylation is 1. The lowest BCUT2D eigenvalue weighted by molar-refractivity contribution is 0.229. The maximum atomic E-state index is 5.57. The maximum absolute atomic E-state index is 5.57. The molecule has 0 aliphatic heterocycles. The topological polar surface area (TPSA) is 27.1 Å². The minimum absolute atomic E-state index is 0.186. The minimum atomic E-state index is 0.186. The van der Waals surface area contributed by atoms with E-state index in [-0.39, 0.29) is 6.10 Å². The Morgan fingerprint density at radius 3 is 2.54 bits per heavy atom. The predicted octanol–water partition coefficient (Wildman–Crippen LogP) is 2.75. The Morgan fingerprint density at radius 2 is 2.15 bits per heavy atom. The molecule has 1 heterocycles. The van der Waals surface area contributed by atoms with Crippen LogP contribution in [0.3, 0.4) is 0 Å². The van der Waals surface area contributed by atoms with Crippen molar-refractivity contribution in [2.24, 2.45) is 7.05 Å². The Hall–Kier alpha value is 0.470. The summed E-state index contributed by atoms with van der Waals surface area (Å²) >= 11 is 4.61. The first-order chi connectivity index (χ1) is 6.06. The summed E-state index contributed by atoms with van der Waals surface area (Å²) in [6.45, 7) is 4.02. The standard InChI is InChI=1S/C8H12I2N2O/c1-5(2)13-8-7(10)6(4-9)12(3)11-8/h5H,4H2,1-3H3. The molecule has 0 amide bonds. The zero-order chi connectivity index (χ0) is 10.0. The van der Waals surface area contributed by atoms with E-state index in [4.69, 9.17) is 4.74 Å². The Balaban J connectivity index is 2.96. The molecule has 3 nitrogen and oxygen atoms in total. The van der Waals surface area contributed by atoms with Gasteiger partial charge < -0.3 is 4.74 Å². The van der Waals surface area contributed by atoms with Crippen molar-refractivity contribution in [2.75, 3.05) is 0 Å². The number of hydrogen-bond donors (Lipinski definition) is 0. The van der Waals surface area contributed by atoms with E-state index >= 15 is 0 Å². The van der Waals surface area contributed by atoms with Crippen molar-refractivity contribution in [3.63, 3.8) is 0 Å². The summed E-state index contributed by atoms with van der Waals surface area (Å²) in [4.78, 5) is 0. The molecule has 0 aliphatic carbocycles. The Bertz CT molecular complexity index is 297. The van der Waals surface area contributed by atoms with E-state index in [9.17, 15) is 0 Å². The highest BCUT2D eigenvalue weighted by Gasteiger charge is 2.14. The first-order valence-electron chi connectivity index (χ1n) is 4.00. The fraction of sp³-hybridized carbons (Fsp3) is 0.625. The van der Waals surface area contributed by atoms with Crippen LogP contribution in [0.4, 0.5) is 0 Å². The molecule has 0 saturated carbocycles.